The van der Waals surface area contributed by atoms with Gasteiger partial charge in [0.25, 0.3) is 0 Å². The van der Waals surface area contributed by atoms with Gasteiger partial charge >= 0.3 is 0 Å². The summed E-state index contributed by atoms with van der Waals surface area (Å²) in [4.78, 5) is 0. The second-order valence-corrected chi connectivity index (χ2v) is 6.09. The molecule has 13 heavy (non-hydrogen) atoms. The van der Waals surface area contributed by atoms with Crippen molar-refractivity contribution in [2.24, 2.45) is 11.7 Å². The smallest absolute Gasteiger partial charge is 0.0937 e. The summed E-state index contributed by atoms with van der Waals surface area (Å²) in [6.45, 7) is 0. The van der Waals surface area contributed by atoms with Gasteiger partial charge in [-0.15, -0.1) is 0 Å². The lowest BCUT2D eigenvalue weighted by molar-refractivity contribution is 0.371. The first-order valence-electron chi connectivity index (χ1n) is 4.87. The van der Waals surface area contributed by atoms with E-state index in [-0.39, 0.29) is 11.1 Å². The van der Waals surface area contributed by atoms with Crippen molar-refractivity contribution in [2.45, 2.75) is 31.7 Å². The van der Waals surface area contributed by atoms with Gasteiger partial charge in [-0.3, -0.25) is 10.1 Å². The zero-order valence-electron chi connectivity index (χ0n) is 8.51. The number of hydrogen-bond acceptors (Lipinski definition) is 2. The average molecular weight is 203 g/mol. The molecule has 2 atom stereocenters. The summed E-state index contributed by atoms with van der Waals surface area (Å²) < 4.78 is 3.58. The number of thiol groups is 1. The quantitative estimate of drug-likeness (QED) is 0.317. The number of nitrogens with one attached hydrogen (secondary N) is 2. The summed E-state index contributed by atoms with van der Waals surface area (Å²) in [6.07, 6.45) is 9.10. The van der Waals surface area contributed by atoms with Crippen molar-refractivity contribution in [1.29, 1.82) is 5.41 Å². The number of amidine groups is 1. The summed E-state index contributed by atoms with van der Waals surface area (Å²) in [6, 6.07) is 0.601. The van der Waals surface area contributed by atoms with E-state index in [9.17, 15) is 0 Å². The second-order valence-electron chi connectivity index (χ2n) is 4.04. The lowest BCUT2D eigenvalue weighted by atomic mass is 9.85. The molecule has 0 spiro atoms. The number of hydrogen-bond donors (Lipinski definition) is 4. The molecule has 2 unspecified atom stereocenters. The van der Waals surface area contributed by atoms with E-state index in [1.54, 1.807) is 0 Å². The Kier molecular flexibility index (Phi) is 4.06. The van der Waals surface area contributed by atoms with E-state index < -0.39 is 0 Å². The lowest BCUT2D eigenvalue weighted by Crippen LogP contribution is -2.36. The highest BCUT2D eigenvalue weighted by Gasteiger charge is 2.23. The molecule has 3 nitrogen and oxygen atoms in total. The van der Waals surface area contributed by atoms with Crippen molar-refractivity contribution < 1.29 is 0 Å². The van der Waals surface area contributed by atoms with Gasteiger partial charge in [-0.25, -0.2) is 11.1 Å². The van der Waals surface area contributed by atoms with Crippen LogP contribution < -0.4 is 10.5 Å². The van der Waals surface area contributed by atoms with Crippen LogP contribution in [0.4, 0.5) is 0 Å². The van der Waals surface area contributed by atoms with Gasteiger partial charge in [0.15, 0.2) is 0 Å². The van der Waals surface area contributed by atoms with Crippen LogP contribution in [0.3, 0.4) is 0 Å². The fourth-order valence-electron chi connectivity index (χ4n) is 1.95. The molecule has 0 aromatic heterocycles. The molecule has 4 N–H and O–H groups in total. The van der Waals surface area contributed by atoms with E-state index in [1.165, 1.54) is 12.8 Å². The Labute approximate surface area is 83.5 Å². The molecule has 4 heteroatoms. The summed E-state index contributed by atoms with van der Waals surface area (Å²) in [5, 5.41) is 7.42. The van der Waals surface area contributed by atoms with E-state index in [1.807, 2.05) is 0 Å². The van der Waals surface area contributed by atoms with E-state index >= 15 is 0 Å². The number of nitrogens with two attached hydrogens (primary N) is 1. The normalized spacial score (nSPS) is 29.8. The van der Waals surface area contributed by atoms with Crippen molar-refractivity contribution >= 4 is 16.9 Å². The zero-order valence-corrected chi connectivity index (χ0v) is 9.40. The molecule has 1 fully saturated rings. The molecule has 78 valence electrons. The van der Waals surface area contributed by atoms with Gasteiger partial charge < -0.3 is 5.73 Å². The molecule has 1 aliphatic rings. The van der Waals surface area contributed by atoms with E-state index in [0.717, 1.165) is 12.8 Å². The monoisotopic (exact) mass is 203 g/mol. The Morgan fingerprint density at radius 2 is 2.15 bits per heavy atom. The van der Waals surface area contributed by atoms with Gasteiger partial charge in [0, 0.05) is 12.0 Å². The van der Waals surface area contributed by atoms with E-state index in [4.69, 9.17) is 11.1 Å². The summed E-state index contributed by atoms with van der Waals surface area (Å²) >= 11 is -0.0230. The Balaban J connectivity index is 2.37. The first-order chi connectivity index (χ1) is 6.09. The average Bonchev–Trinajstić information content (AvgIpc) is 2.03. The van der Waals surface area contributed by atoms with E-state index in [0.29, 0.717) is 17.8 Å². The third-order valence-electron chi connectivity index (χ3n) is 2.55. The molecule has 0 aromatic rings. The molecule has 1 rings (SSSR count). The fraction of sp³-hybridized carbons (Fsp3) is 0.889. The second kappa shape index (κ2) is 4.86. The highest BCUT2D eigenvalue weighted by molar-refractivity contribution is 8.14. The van der Waals surface area contributed by atoms with Crippen molar-refractivity contribution in [1.82, 2.24) is 4.72 Å². The molecule has 0 saturated heterocycles. The minimum Gasteiger partial charge on any atom is -0.387 e. The van der Waals surface area contributed by atoms with Crippen LogP contribution in [-0.4, -0.2) is 24.4 Å². The van der Waals surface area contributed by atoms with Gasteiger partial charge in [-0.2, -0.15) is 0 Å². The maximum atomic E-state index is 7.42. The third-order valence-corrected chi connectivity index (χ3v) is 3.44. The van der Waals surface area contributed by atoms with Crippen LogP contribution in [0, 0.1) is 11.3 Å². The van der Waals surface area contributed by atoms with Crippen LogP contribution >= 0.6 is 11.1 Å². The SMILES string of the molecule is C[SH](C)NC1CCCC(C(=N)N)C1. The van der Waals surface area contributed by atoms with Crippen LogP contribution in [0.1, 0.15) is 25.7 Å². The summed E-state index contributed by atoms with van der Waals surface area (Å²) in [5.74, 6) is 0.712. The third kappa shape index (κ3) is 3.56. The molecule has 0 aromatic carbocycles. The Bertz CT molecular complexity index is 182. The standard InChI is InChI=1S/C9H21N3S/c1-13(2)12-8-5-3-4-7(6-8)9(10)11/h7-8,12-13H,3-6H2,1-2H3,(H3,10,11). The highest BCUT2D eigenvalue weighted by Crippen LogP contribution is 2.26. The maximum absolute atomic E-state index is 7.42. The van der Waals surface area contributed by atoms with Crippen molar-refractivity contribution in [3.8, 4) is 0 Å². The largest absolute Gasteiger partial charge is 0.387 e. The maximum Gasteiger partial charge on any atom is 0.0937 e. The first-order valence-corrected chi connectivity index (χ1v) is 7.10. The molecule has 0 heterocycles. The Hall–Kier alpha value is -0.220. The van der Waals surface area contributed by atoms with Crippen molar-refractivity contribution in [2.75, 3.05) is 12.5 Å². The molecule has 1 aliphatic carbocycles. The molecule has 0 radical (unpaired) electrons. The van der Waals surface area contributed by atoms with Crippen molar-refractivity contribution in [3.05, 3.63) is 0 Å². The minimum absolute atomic E-state index is 0.0230. The molecule has 0 aliphatic heterocycles. The van der Waals surface area contributed by atoms with Gasteiger partial charge in [0.1, 0.15) is 0 Å². The summed E-state index contributed by atoms with van der Waals surface area (Å²) in [5.41, 5.74) is 5.52. The molecule has 1 saturated carbocycles. The number of rotatable bonds is 3. The Morgan fingerprint density at radius 3 is 2.69 bits per heavy atom. The first kappa shape index (κ1) is 10.9. The molecule has 0 bridgehead atoms. The van der Waals surface area contributed by atoms with Gasteiger partial charge in [0.2, 0.25) is 0 Å². The molecule has 0 amide bonds. The molecular formula is C9H21N3S. The van der Waals surface area contributed by atoms with Crippen LogP contribution in [0.5, 0.6) is 0 Å². The highest BCUT2D eigenvalue weighted by atomic mass is 32.2. The van der Waals surface area contributed by atoms with Crippen LogP contribution in [-0.2, 0) is 0 Å². The van der Waals surface area contributed by atoms with Crippen molar-refractivity contribution in [3.63, 3.8) is 0 Å². The topological polar surface area (TPSA) is 61.9 Å². The van der Waals surface area contributed by atoms with Gasteiger partial charge in [0.05, 0.1) is 5.84 Å². The fourth-order valence-corrected chi connectivity index (χ4v) is 2.92. The van der Waals surface area contributed by atoms with Gasteiger partial charge in [-0.05, 0) is 31.8 Å². The Morgan fingerprint density at radius 1 is 1.46 bits per heavy atom. The van der Waals surface area contributed by atoms with Gasteiger partial charge in [-0.1, -0.05) is 6.42 Å². The van der Waals surface area contributed by atoms with E-state index in [2.05, 4.69) is 17.2 Å². The minimum atomic E-state index is -0.0230. The lowest BCUT2D eigenvalue weighted by Gasteiger charge is -2.31. The predicted molar refractivity (Wildman–Crippen MR) is 61.6 cm³/mol. The summed E-state index contributed by atoms with van der Waals surface area (Å²) in [7, 11) is 0. The zero-order chi connectivity index (χ0) is 9.84. The predicted octanol–water partition coefficient (Wildman–Crippen LogP) is 1.25. The van der Waals surface area contributed by atoms with Crippen LogP contribution in [0.25, 0.3) is 0 Å². The molecular weight excluding hydrogens is 182 g/mol. The van der Waals surface area contributed by atoms with Crippen LogP contribution in [0.15, 0.2) is 0 Å². The van der Waals surface area contributed by atoms with Crippen LogP contribution in [0.2, 0.25) is 0 Å².